The molecule has 0 aromatic heterocycles. The summed E-state index contributed by atoms with van der Waals surface area (Å²) in [5, 5.41) is 28.8. The lowest BCUT2D eigenvalue weighted by molar-refractivity contribution is -0.110. The van der Waals surface area contributed by atoms with E-state index in [0.29, 0.717) is 11.1 Å². The molecule has 0 amide bonds. The van der Waals surface area contributed by atoms with Crippen molar-refractivity contribution in [2.45, 2.75) is 0 Å². The van der Waals surface area contributed by atoms with E-state index in [4.69, 9.17) is 23.4 Å². The van der Waals surface area contributed by atoms with Crippen LogP contribution in [-0.4, -0.2) is 48.6 Å². The van der Waals surface area contributed by atoms with E-state index in [-0.39, 0.29) is 45.8 Å². The van der Waals surface area contributed by atoms with E-state index in [9.17, 15) is 24.9 Å². The second kappa shape index (κ2) is 11.8. The number of ketones is 1. The van der Waals surface area contributed by atoms with Gasteiger partial charge >= 0.3 is 13.3 Å². The fraction of sp³-hybridized carbons (Fsp3) is 0.0714. The number of fused-ring (bicyclic) bond motifs is 1. The van der Waals surface area contributed by atoms with E-state index in [2.05, 4.69) is 0 Å². The predicted molar refractivity (Wildman–Crippen MR) is 142 cm³/mol. The van der Waals surface area contributed by atoms with Crippen molar-refractivity contribution in [3.8, 4) is 34.5 Å². The van der Waals surface area contributed by atoms with Gasteiger partial charge in [0.15, 0.2) is 28.8 Å². The lowest BCUT2D eigenvalue weighted by atomic mass is 10.1. The van der Waals surface area contributed by atoms with Gasteiger partial charge in [-0.25, -0.2) is 4.79 Å². The number of aromatic hydroxyl groups is 2. The molecule has 198 valence electrons. The van der Waals surface area contributed by atoms with Crippen LogP contribution < -0.4 is 18.8 Å². The van der Waals surface area contributed by atoms with Gasteiger partial charge in [-0.15, -0.1) is 0 Å². The molecule has 3 aromatic rings. The van der Waals surface area contributed by atoms with Gasteiger partial charge in [0, 0.05) is 6.08 Å². The summed E-state index contributed by atoms with van der Waals surface area (Å²) in [5.74, 6) is -0.563. The second-order valence-corrected chi connectivity index (χ2v) is 8.09. The van der Waals surface area contributed by atoms with Crippen molar-refractivity contribution < 1.29 is 48.3 Å². The molecular formula is C28H23BO10. The summed E-state index contributed by atoms with van der Waals surface area (Å²) in [6, 6.07) is 13.5. The lowest BCUT2D eigenvalue weighted by Gasteiger charge is -2.08. The molecule has 1 aliphatic rings. The Morgan fingerprint density at radius 1 is 0.795 bits per heavy atom. The quantitative estimate of drug-likeness (QED) is 0.149. The van der Waals surface area contributed by atoms with Crippen LogP contribution >= 0.6 is 0 Å². The van der Waals surface area contributed by atoms with E-state index in [1.165, 1.54) is 62.8 Å². The van der Waals surface area contributed by atoms with Gasteiger partial charge in [-0.1, -0.05) is 24.3 Å². The van der Waals surface area contributed by atoms with Crippen LogP contribution in [0.2, 0.25) is 0 Å². The molecule has 0 unspecified atom stereocenters. The fourth-order valence-electron chi connectivity index (χ4n) is 3.48. The minimum atomic E-state index is -1.28. The number of rotatable bonds is 10. The number of carbonyl (C=O) groups excluding carboxylic acids is 1. The summed E-state index contributed by atoms with van der Waals surface area (Å²) in [6.45, 7) is 0. The second-order valence-electron chi connectivity index (χ2n) is 8.09. The van der Waals surface area contributed by atoms with E-state index in [1.807, 2.05) is 0 Å². The molecule has 0 radical (unpaired) electrons. The molecule has 11 heteroatoms. The van der Waals surface area contributed by atoms with Crippen LogP contribution in [0, 0.1) is 0 Å². The minimum Gasteiger partial charge on any atom is -0.504 e. The Morgan fingerprint density at radius 2 is 1.38 bits per heavy atom. The zero-order valence-electron chi connectivity index (χ0n) is 20.9. The van der Waals surface area contributed by atoms with Gasteiger partial charge in [0.05, 0.1) is 19.8 Å². The summed E-state index contributed by atoms with van der Waals surface area (Å²) in [6.07, 6.45) is 7.18. The van der Waals surface area contributed by atoms with E-state index in [1.54, 1.807) is 36.4 Å². The van der Waals surface area contributed by atoms with Crippen molar-refractivity contribution >= 4 is 31.2 Å². The van der Waals surface area contributed by atoms with Crippen molar-refractivity contribution in [2.75, 3.05) is 14.2 Å². The number of hydrogen-bond acceptors (Lipinski definition) is 9. The Bertz CT molecular complexity index is 1490. The van der Waals surface area contributed by atoms with E-state index in [0.717, 1.165) is 0 Å². The number of aromatic carboxylic acids is 1. The average molecular weight is 530 g/mol. The third kappa shape index (κ3) is 6.72. The molecule has 0 bridgehead atoms. The number of methoxy groups -OCH3 is 2. The number of carbonyl (C=O) groups is 2. The van der Waals surface area contributed by atoms with Crippen LogP contribution in [0.1, 0.15) is 21.5 Å². The van der Waals surface area contributed by atoms with E-state index < -0.39 is 19.1 Å². The number of benzene rings is 3. The highest BCUT2D eigenvalue weighted by Gasteiger charge is 2.38. The molecule has 0 saturated carbocycles. The number of phenols is 2. The smallest absolute Gasteiger partial charge is 0.504 e. The molecule has 0 fully saturated rings. The van der Waals surface area contributed by atoms with Crippen LogP contribution in [0.3, 0.4) is 0 Å². The van der Waals surface area contributed by atoms with Crippen molar-refractivity contribution in [2.24, 2.45) is 0 Å². The first-order valence-corrected chi connectivity index (χ1v) is 11.5. The van der Waals surface area contributed by atoms with Crippen molar-refractivity contribution in [1.29, 1.82) is 0 Å². The number of phenolic OH excluding ortho intramolecular Hbond substituents is 2. The van der Waals surface area contributed by atoms with E-state index >= 15 is 0 Å². The molecule has 1 aliphatic heterocycles. The summed E-state index contributed by atoms with van der Waals surface area (Å²) in [5.41, 5.74) is 1.27. The molecule has 3 aromatic carbocycles. The first-order valence-electron chi connectivity index (χ1n) is 11.5. The van der Waals surface area contributed by atoms with Crippen LogP contribution in [-0.2, 0) is 9.45 Å². The van der Waals surface area contributed by atoms with Gasteiger partial charge in [-0.3, -0.25) is 4.79 Å². The van der Waals surface area contributed by atoms with Gasteiger partial charge in [-0.2, -0.15) is 0 Å². The van der Waals surface area contributed by atoms with Crippen molar-refractivity contribution in [3.63, 3.8) is 0 Å². The van der Waals surface area contributed by atoms with Gasteiger partial charge in [0.1, 0.15) is 17.3 Å². The molecular weight excluding hydrogens is 507 g/mol. The highest BCUT2D eigenvalue weighted by Crippen LogP contribution is 2.35. The molecule has 0 spiro atoms. The zero-order valence-corrected chi connectivity index (χ0v) is 20.9. The standard InChI is InChI=1S/C28H23BO10/c1-35-25-13-17(5-10-22(25)31)3-8-20(30)16-21(9-4-18-6-11-23(32)26(14-18)36-2)37-29-38-24-12-7-19(28(33)34)15-27(24)39-29/h3-16,31-32H,1-2H3,(H,33,34)/b8-3+,9-4+,21-16-. The number of hydrogen-bond donors (Lipinski definition) is 3. The van der Waals surface area contributed by atoms with Crippen molar-refractivity contribution in [1.82, 2.24) is 0 Å². The minimum absolute atomic E-state index is 0.0149. The van der Waals surface area contributed by atoms with Gasteiger partial charge in [0.25, 0.3) is 0 Å². The number of carboxylic acids is 1. The van der Waals surface area contributed by atoms with Gasteiger partial charge < -0.3 is 38.8 Å². The Labute approximate surface area is 223 Å². The highest BCUT2D eigenvalue weighted by molar-refractivity contribution is 6.40. The third-order valence-corrected chi connectivity index (χ3v) is 5.44. The Kier molecular flexibility index (Phi) is 8.11. The first-order chi connectivity index (χ1) is 18.7. The highest BCUT2D eigenvalue weighted by atomic mass is 16.8. The van der Waals surface area contributed by atoms with Crippen LogP contribution in [0.15, 0.2) is 78.6 Å². The Balaban J connectivity index is 1.56. The Morgan fingerprint density at radius 3 is 1.97 bits per heavy atom. The van der Waals surface area contributed by atoms with Crippen molar-refractivity contribution in [3.05, 3.63) is 95.3 Å². The topological polar surface area (TPSA) is 141 Å². The monoisotopic (exact) mass is 530 g/mol. The summed E-state index contributed by atoms with van der Waals surface area (Å²) >= 11 is 0. The molecule has 10 nitrogen and oxygen atoms in total. The predicted octanol–water partition coefficient (Wildman–Crippen LogP) is 4.47. The summed E-state index contributed by atoms with van der Waals surface area (Å²) < 4.78 is 27.1. The SMILES string of the molecule is COc1cc(/C=C/C(=O)/C=C(/C=C/c2ccc(O)c(OC)c2)OB2Oc3ccc(C(=O)O)cc3O2)ccc1O. The largest absolute Gasteiger partial charge is 0.864 e. The first kappa shape index (κ1) is 26.7. The number of carboxylic acid groups (broad SMARTS) is 1. The van der Waals surface area contributed by atoms with Crippen LogP contribution in [0.5, 0.6) is 34.5 Å². The number of allylic oxidation sites excluding steroid dienone is 3. The fourth-order valence-corrected chi connectivity index (χ4v) is 3.48. The maximum atomic E-state index is 12.8. The molecule has 1 heterocycles. The molecule has 0 aliphatic carbocycles. The van der Waals surface area contributed by atoms with Crippen LogP contribution in [0.4, 0.5) is 0 Å². The van der Waals surface area contributed by atoms with Gasteiger partial charge in [-0.05, 0) is 65.7 Å². The normalized spacial score (nSPS) is 12.7. The molecule has 4 rings (SSSR count). The van der Waals surface area contributed by atoms with Gasteiger partial charge in [0.2, 0.25) is 0 Å². The maximum absolute atomic E-state index is 12.8. The molecule has 39 heavy (non-hydrogen) atoms. The number of ether oxygens (including phenoxy) is 2. The Hall–Kier alpha value is -5.32. The molecule has 0 atom stereocenters. The third-order valence-electron chi connectivity index (χ3n) is 5.44. The maximum Gasteiger partial charge on any atom is 0.864 e. The molecule has 0 saturated heterocycles. The zero-order chi connectivity index (χ0) is 27.9. The summed E-state index contributed by atoms with van der Waals surface area (Å²) in [7, 11) is 1.56. The lowest BCUT2D eigenvalue weighted by Crippen LogP contribution is -2.28. The average Bonchev–Trinajstić information content (AvgIpc) is 3.33. The molecule has 3 N–H and O–H groups in total. The van der Waals surface area contributed by atoms with Crippen LogP contribution in [0.25, 0.3) is 12.2 Å². The summed E-state index contributed by atoms with van der Waals surface area (Å²) in [4.78, 5) is 24.0.